The summed E-state index contributed by atoms with van der Waals surface area (Å²) in [6.45, 7) is 3.60. The Morgan fingerprint density at radius 3 is 1.76 bits per heavy atom. The third-order valence-corrected chi connectivity index (χ3v) is 4.94. The van der Waals surface area contributed by atoms with Crippen molar-refractivity contribution in [1.29, 1.82) is 0 Å². The summed E-state index contributed by atoms with van der Waals surface area (Å²) < 4.78 is 0. The lowest BCUT2D eigenvalue weighted by Gasteiger charge is -2.24. The number of primary amides is 1. The van der Waals surface area contributed by atoms with E-state index in [1.165, 1.54) is 0 Å². The van der Waals surface area contributed by atoms with Gasteiger partial charge in [0.2, 0.25) is 23.6 Å². The highest BCUT2D eigenvalue weighted by Crippen LogP contribution is 2.06. The van der Waals surface area contributed by atoms with E-state index in [1.54, 1.807) is 6.92 Å². The van der Waals surface area contributed by atoms with Crippen LogP contribution in [0.5, 0.6) is 0 Å². The van der Waals surface area contributed by atoms with E-state index in [2.05, 4.69) is 41.2 Å². The van der Waals surface area contributed by atoms with Gasteiger partial charge in [0.05, 0.1) is 12.5 Å². The van der Waals surface area contributed by atoms with Crippen LogP contribution < -0.4 is 27.4 Å². The lowest BCUT2D eigenvalue weighted by molar-refractivity contribution is -0.141. The van der Waals surface area contributed by atoms with Gasteiger partial charge in [-0.2, -0.15) is 25.3 Å². The number of aliphatic carboxylic acids is 1. The Balaban J connectivity index is 5.23. The summed E-state index contributed by atoms with van der Waals surface area (Å²) in [5, 5.41) is 15.9. The molecule has 0 aromatic rings. The molecular formula is C16H29N5O6S2. The minimum absolute atomic E-state index is 0.165. The van der Waals surface area contributed by atoms with E-state index in [1.807, 2.05) is 6.92 Å². The Labute approximate surface area is 179 Å². The molecule has 0 rings (SSSR count). The van der Waals surface area contributed by atoms with Gasteiger partial charge in [-0.25, -0.2) is 4.79 Å². The molecule has 0 aliphatic rings. The summed E-state index contributed by atoms with van der Waals surface area (Å²) >= 11 is 7.81. The van der Waals surface area contributed by atoms with Crippen LogP contribution in [-0.2, 0) is 24.0 Å². The average Bonchev–Trinajstić information content (AvgIpc) is 2.67. The van der Waals surface area contributed by atoms with Crippen LogP contribution >= 0.6 is 25.3 Å². The van der Waals surface area contributed by atoms with Gasteiger partial charge in [-0.05, 0) is 5.92 Å². The molecule has 29 heavy (non-hydrogen) atoms. The predicted molar refractivity (Wildman–Crippen MR) is 112 cm³/mol. The molecular weight excluding hydrogens is 422 g/mol. The highest BCUT2D eigenvalue weighted by atomic mass is 32.1. The number of carbonyl (C=O) groups excluding carboxylic acids is 4. The summed E-state index contributed by atoms with van der Waals surface area (Å²) in [5.74, 6) is -4.96. The van der Waals surface area contributed by atoms with Crippen molar-refractivity contribution in [1.82, 2.24) is 16.0 Å². The Morgan fingerprint density at radius 2 is 1.34 bits per heavy atom. The molecule has 0 bridgehead atoms. The van der Waals surface area contributed by atoms with Gasteiger partial charge in [-0.3, -0.25) is 19.2 Å². The van der Waals surface area contributed by atoms with E-state index in [0.29, 0.717) is 6.42 Å². The summed E-state index contributed by atoms with van der Waals surface area (Å²) in [7, 11) is 0. The number of carbonyl (C=O) groups is 5. The first-order chi connectivity index (χ1) is 13.5. The molecule has 0 fully saturated rings. The smallest absolute Gasteiger partial charge is 0.327 e. The quantitative estimate of drug-likeness (QED) is 0.143. The maximum absolute atomic E-state index is 12.5. The summed E-state index contributed by atoms with van der Waals surface area (Å²) in [5.41, 5.74) is 11.0. The van der Waals surface area contributed by atoms with Crippen molar-refractivity contribution in [2.45, 2.75) is 50.9 Å². The molecule has 8 N–H and O–H groups in total. The van der Waals surface area contributed by atoms with Crippen LogP contribution in [0.1, 0.15) is 26.7 Å². The predicted octanol–water partition coefficient (Wildman–Crippen LogP) is -2.37. The highest BCUT2D eigenvalue weighted by molar-refractivity contribution is 7.80. The minimum Gasteiger partial charge on any atom is -0.480 e. The Morgan fingerprint density at radius 1 is 0.897 bits per heavy atom. The van der Waals surface area contributed by atoms with Crippen molar-refractivity contribution in [3.63, 3.8) is 0 Å². The molecule has 4 amide bonds. The second-order valence-electron chi connectivity index (χ2n) is 6.47. The van der Waals surface area contributed by atoms with E-state index in [9.17, 15) is 24.0 Å². The number of carboxylic acids is 1. The fourth-order valence-electron chi connectivity index (χ4n) is 2.11. The molecule has 0 aromatic heterocycles. The van der Waals surface area contributed by atoms with E-state index in [0.717, 1.165) is 0 Å². The summed E-state index contributed by atoms with van der Waals surface area (Å²) in [4.78, 5) is 59.3. The number of nitrogens with one attached hydrogen (secondary N) is 3. The van der Waals surface area contributed by atoms with Crippen LogP contribution in [-0.4, -0.2) is 70.4 Å². The third kappa shape index (κ3) is 9.37. The highest BCUT2D eigenvalue weighted by Gasteiger charge is 2.31. The summed E-state index contributed by atoms with van der Waals surface area (Å²) in [6, 6.07) is -4.74. The van der Waals surface area contributed by atoms with Gasteiger partial charge >= 0.3 is 5.97 Å². The minimum atomic E-state index is -1.36. The molecule has 166 valence electrons. The molecule has 0 saturated heterocycles. The van der Waals surface area contributed by atoms with E-state index in [-0.39, 0.29) is 17.4 Å². The van der Waals surface area contributed by atoms with E-state index in [4.69, 9.17) is 16.6 Å². The van der Waals surface area contributed by atoms with E-state index < -0.39 is 60.2 Å². The number of rotatable bonds is 13. The van der Waals surface area contributed by atoms with Crippen molar-refractivity contribution in [3.05, 3.63) is 0 Å². The van der Waals surface area contributed by atoms with Crippen molar-refractivity contribution >= 4 is 54.9 Å². The second-order valence-corrected chi connectivity index (χ2v) is 7.20. The van der Waals surface area contributed by atoms with Crippen LogP contribution in [0.15, 0.2) is 0 Å². The van der Waals surface area contributed by atoms with Crippen molar-refractivity contribution in [2.24, 2.45) is 17.4 Å². The fourth-order valence-corrected chi connectivity index (χ4v) is 2.62. The third-order valence-electron chi connectivity index (χ3n) is 4.21. The maximum atomic E-state index is 12.5. The molecule has 5 unspecified atom stereocenters. The SMILES string of the molecule is CCC(C)C(N)C(=O)NC(CC(N)=O)C(=O)NC(CS)C(=O)NC(CS)C(=O)O. The van der Waals surface area contributed by atoms with Crippen LogP contribution in [0.2, 0.25) is 0 Å². The van der Waals surface area contributed by atoms with Crippen molar-refractivity contribution in [3.8, 4) is 0 Å². The molecule has 13 heteroatoms. The number of amides is 4. The van der Waals surface area contributed by atoms with Gasteiger partial charge in [0.1, 0.15) is 18.1 Å². The monoisotopic (exact) mass is 451 g/mol. The molecule has 0 radical (unpaired) electrons. The molecule has 11 nitrogen and oxygen atoms in total. The average molecular weight is 452 g/mol. The number of hydrogen-bond acceptors (Lipinski definition) is 8. The lowest BCUT2D eigenvalue weighted by atomic mass is 9.99. The standard InChI is InChI=1S/C16H29N5O6S2/c1-3-7(2)12(18)15(25)19-8(4-11(17)22)13(23)20-9(5-28)14(24)21-10(6-29)16(26)27/h7-10,12,28-29H,3-6,18H2,1-2H3,(H2,17,22)(H,19,25)(H,20,23)(H,21,24)(H,26,27). The topological polar surface area (TPSA) is 194 Å². The lowest BCUT2D eigenvalue weighted by Crippen LogP contribution is -2.58. The van der Waals surface area contributed by atoms with Gasteiger partial charge in [0, 0.05) is 11.5 Å². The number of hydrogen-bond donors (Lipinski definition) is 8. The molecule has 0 aromatic carbocycles. The van der Waals surface area contributed by atoms with E-state index >= 15 is 0 Å². The zero-order valence-electron chi connectivity index (χ0n) is 16.3. The molecule has 0 aliphatic heterocycles. The first-order valence-electron chi connectivity index (χ1n) is 8.87. The largest absolute Gasteiger partial charge is 0.480 e. The maximum Gasteiger partial charge on any atom is 0.327 e. The number of carboxylic acid groups (broad SMARTS) is 1. The van der Waals surface area contributed by atoms with Crippen LogP contribution in [0, 0.1) is 5.92 Å². The van der Waals surface area contributed by atoms with Crippen LogP contribution in [0.25, 0.3) is 0 Å². The zero-order chi connectivity index (χ0) is 22.7. The Kier molecular flexibility index (Phi) is 12.4. The number of nitrogens with two attached hydrogens (primary N) is 2. The molecule has 0 spiro atoms. The fraction of sp³-hybridized carbons (Fsp3) is 0.688. The number of thiol groups is 2. The first-order valence-corrected chi connectivity index (χ1v) is 10.1. The Bertz CT molecular complexity index is 621. The second kappa shape index (κ2) is 13.3. The molecule has 5 atom stereocenters. The van der Waals surface area contributed by atoms with Crippen molar-refractivity contribution < 1.29 is 29.1 Å². The summed E-state index contributed by atoms with van der Waals surface area (Å²) in [6.07, 6.45) is 0.110. The van der Waals surface area contributed by atoms with Gasteiger partial charge in [-0.1, -0.05) is 20.3 Å². The zero-order valence-corrected chi connectivity index (χ0v) is 18.0. The molecule has 0 aliphatic carbocycles. The van der Waals surface area contributed by atoms with Gasteiger partial charge in [0.15, 0.2) is 0 Å². The normalized spacial score (nSPS) is 15.9. The first kappa shape index (κ1) is 27.0. The van der Waals surface area contributed by atoms with Crippen molar-refractivity contribution in [2.75, 3.05) is 11.5 Å². The van der Waals surface area contributed by atoms with Crippen LogP contribution in [0.3, 0.4) is 0 Å². The molecule has 0 saturated carbocycles. The van der Waals surface area contributed by atoms with Gasteiger partial charge in [-0.15, -0.1) is 0 Å². The Hall–Kier alpha value is -1.99. The molecule has 0 heterocycles. The van der Waals surface area contributed by atoms with Crippen LogP contribution in [0.4, 0.5) is 0 Å². The van der Waals surface area contributed by atoms with Gasteiger partial charge in [0.25, 0.3) is 0 Å². The van der Waals surface area contributed by atoms with Gasteiger partial charge < -0.3 is 32.5 Å².